The van der Waals surface area contributed by atoms with Crippen LogP contribution in [0.1, 0.15) is 30.7 Å². The van der Waals surface area contributed by atoms with Crippen LogP contribution in [0.5, 0.6) is 5.75 Å². The number of hydrogen-bond donors (Lipinski definition) is 0. The van der Waals surface area contributed by atoms with Crippen molar-refractivity contribution < 1.29 is 18.4 Å². The third-order valence-corrected chi connectivity index (χ3v) is 4.92. The predicted octanol–water partition coefficient (Wildman–Crippen LogP) is 4.01. The maximum Gasteiger partial charge on any atom is 0.227 e. The van der Waals surface area contributed by atoms with Gasteiger partial charge in [-0.05, 0) is 54.8 Å². The molecule has 1 aliphatic carbocycles. The van der Waals surface area contributed by atoms with Crippen molar-refractivity contribution in [3.8, 4) is 17.1 Å². The Hall–Kier alpha value is -3.22. The van der Waals surface area contributed by atoms with E-state index in [9.17, 15) is 9.18 Å². The van der Waals surface area contributed by atoms with Crippen molar-refractivity contribution in [2.24, 2.45) is 0 Å². The first-order valence-corrected chi connectivity index (χ1v) is 9.63. The van der Waals surface area contributed by atoms with Crippen LogP contribution in [0.4, 0.5) is 4.39 Å². The average molecular weight is 395 g/mol. The fourth-order valence-corrected chi connectivity index (χ4v) is 3.21. The molecule has 0 bridgehead atoms. The first-order chi connectivity index (χ1) is 14.1. The van der Waals surface area contributed by atoms with Gasteiger partial charge in [-0.15, -0.1) is 0 Å². The summed E-state index contributed by atoms with van der Waals surface area (Å²) in [6.07, 6.45) is 2.62. The highest BCUT2D eigenvalue weighted by atomic mass is 19.1. The number of halogens is 1. The number of nitrogens with zero attached hydrogens (tertiary/aromatic N) is 3. The molecule has 0 unspecified atom stereocenters. The zero-order valence-electron chi connectivity index (χ0n) is 16.2. The molecule has 1 fully saturated rings. The summed E-state index contributed by atoms with van der Waals surface area (Å²) in [5, 5.41) is 4.00. The van der Waals surface area contributed by atoms with Gasteiger partial charge >= 0.3 is 0 Å². The van der Waals surface area contributed by atoms with E-state index >= 15 is 0 Å². The maximum atomic E-state index is 13.5. The van der Waals surface area contributed by atoms with Crippen LogP contribution in [0.15, 0.2) is 53.1 Å². The Bertz CT molecular complexity index is 983. The lowest BCUT2D eigenvalue weighted by molar-refractivity contribution is -0.132. The Balaban J connectivity index is 1.37. The van der Waals surface area contributed by atoms with Crippen LogP contribution in [0.3, 0.4) is 0 Å². The summed E-state index contributed by atoms with van der Waals surface area (Å²) in [5.41, 5.74) is 1.61. The van der Waals surface area contributed by atoms with Gasteiger partial charge in [0.2, 0.25) is 17.6 Å². The highest BCUT2D eigenvalue weighted by Gasteiger charge is 2.32. The first kappa shape index (κ1) is 19.1. The number of aryl methyl sites for hydroxylation is 1. The van der Waals surface area contributed by atoms with Gasteiger partial charge < -0.3 is 14.2 Å². The average Bonchev–Trinajstić information content (AvgIpc) is 3.47. The van der Waals surface area contributed by atoms with Gasteiger partial charge in [0.15, 0.2) is 0 Å². The molecule has 29 heavy (non-hydrogen) atoms. The van der Waals surface area contributed by atoms with E-state index in [1.165, 1.54) is 12.1 Å². The largest absolute Gasteiger partial charge is 0.497 e. The van der Waals surface area contributed by atoms with Crippen molar-refractivity contribution in [2.75, 3.05) is 7.11 Å². The lowest BCUT2D eigenvalue weighted by Crippen LogP contribution is -2.32. The van der Waals surface area contributed by atoms with Crippen molar-refractivity contribution in [3.63, 3.8) is 0 Å². The number of carbonyl (C=O) groups is 1. The molecule has 0 radical (unpaired) electrons. The second-order valence-electron chi connectivity index (χ2n) is 7.12. The molecule has 1 amide bonds. The Morgan fingerprint density at radius 3 is 2.72 bits per heavy atom. The first-order valence-electron chi connectivity index (χ1n) is 9.63. The summed E-state index contributed by atoms with van der Waals surface area (Å²) in [4.78, 5) is 19.0. The summed E-state index contributed by atoms with van der Waals surface area (Å²) in [6, 6.07) is 14.0. The van der Waals surface area contributed by atoms with Gasteiger partial charge in [0, 0.05) is 31.0 Å². The number of carbonyl (C=O) groups excluding carboxylic acids is 1. The molecule has 7 heteroatoms. The van der Waals surface area contributed by atoms with Crippen molar-refractivity contribution in [3.05, 3.63) is 65.8 Å². The molecule has 1 heterocycles. The van der Waals surface area contributed by atoms with Gasteiger partial charge in [0.05, 0.1) is 7.11 Å². The number of benzene rings is 2. The van der Waals surface area contributed by atoms with Crippen LogP contribution < -0.4 is 4.74 Å². The van der Waals surface area contributed by atoms with E-state index in [0.717, 1.165) is 29.7 Å². The van der Waals surface area contributed by atoms with Crippen LogP contribution in [0.25, 0.3) is 11.4 Å². The Morgan fingerprint density at radius 2 is 2.03 bits per heavy atom. The van der Waals surface area contributed by atoms with Gasteiger partial charge in [0.25, 0.3) is 0 Å². The lowest BCUT2D eigenvalue weighted by atomic mass is 10.2. The fourth-order valence-electron chi connectivity index (χ4n) is 3.21. The topological polar surface area (TPSA) is 68.5 Å². The van der Waals surface area contributed by atoms with Gasteiger partial charge in [-0.2, -0.15) is 4.98 Å². The van der Waals surface area contributed by atoms with E-state index < -0.39 is 0 Å². The number of methoxy groups -OCH3 is 1. The highest BCUT2D eigenvalue weighted by Crippen LogP contribution is 2.29. The third kappa shape index (κ3) is 4.80. The second-order valence-corrected chi connectivity index (χ2v) is 7.12. The Labute approximate surface area is 168 Å². The quantitative estimate of drug-likeness (QED) is 0.577. The van der Waals surface area contributed by atoms with E-state index in [1.807, 2.05) is 35.2 Å². The summed E-state index contributed by atoms with van der Waals surface area (Å²) < 4.78 is 23.9. The minimum atomic E-state index is -0.289. The number of rotatable bonds is 8. The molecule has 0 spiro atoms. The zero-order valence-corrected chi connectivity index (χ0v) is 16.2. The molecule has 150 valence electrons. The summed E-state index contributed by atoms with van der Waals surface area (Å²) in [6.45, 7) is 0.419. The molecular weight excluding hydrogens is 373 g/mol. The molecule has 0 aliphatic heterocycles. The molecule has 0 saturated heterocycles. The standard InChI is InChI=1S/C22H22FN3O3/c1-28-19-9-5-16(6-10-19)22-24-20(29-25-22)11-12-21(27)26(18-7-8-18)14-15-3-2-4-17(23)13-15/h2-6,9-10,13,18H,7-8,11-12,14H2,1H3. The molecule has 1 aliphatic rings. The highest BCUT2D eigenvalue weighted by molar-refractivity contribution is 5.77. The van der Waals surface area contributed by atoms with Gasteiger partial charge in [-0.1, -0.05) is 17.3 Å². The Morgan fingerprint density at radius 1 is 1.24 bits per heavy atom. The van der Waals surface area contributed by atoms with Crippen molar-refractivity contribution >= 4 is 5.91 Å². The van der Waals surface area contributed by atoms with Crippen LogP contribution in [-0.4, -0.2) is 34.1 Å². The Kier molecular flexibility index (Phi) is 5.55. The zero-order chi connectivity index (χ0) is 20.2. The van der Waals surface area contributed by atoms with E-state index in [4.69, 9.17) is 9.26 Å². The van der Waals surface area contributed by atoms with Crippen molar-refractivity contribution in [2.45, 2.75) is 38.3 Å². The number of hydrogen-bond acceptors (Lipinski definition) is 5. The molecule has 4 rings (SSSR count). The van der Waals surface area contributed by atoms with Crippen molar-refractivity contribution in [1.82, 2.24) is 15.0 Å². The van der Waals surface area contributed by atoms with E-state index in [-0.39, 0.29) is 24.2 Å². The number of aromatic nitrogens is 2. The fraction of sp³-hybridized carbons (Fsp3) is 0.318. The molecule has 0 atom stereocenters. The number of ether oxygens (including phenoxy) is 1. The molecule has 0 N–H and O–H groups in total. The minimum Gasteiger partial charge on any atom is -0.497 e. The minimum absolute atomic E-state index is 0.0148. The molecular formula is C22H22FN3O3. The third-order valence-electron chi connectivity index (χ3n) is 4.92. The lowest BCUT2D eigenvalue weighted by Gasteiger charge is -2.22. The molecule has 3 aromatic rings. The van der Waals surface area contributed by atoms with Crippen LogP contribution >= 0.6 is 0 Å². The summed E-state index contributed by atoms with van der Waals surface area (Å²) in [5.74, 6) is 1.38. The van der Waals surface area contributed by atoms with Crippen LogP contribution in [0, 0.1) is 5.82 Å². The molecule has 1 saturated carbocycles. The van der Waals surface area contributed by atoms with E-state index in [0.29, 0.717) is 24.7 Å². The van der Waals surface area contributed by atoms with E-state index in [2.05, 4.69) is 10.1 Å². The second kappa shape index (κ2) is 8.43. The molecule has 2 aromatic carbocycles. The smallest absolute Gasteiger partial charge is 0.227 e. The SMILES string of the molecule is COc1ccc(-c2noc(CCC(=O)N(Cc3cccc(F)c3)C3CC3)n2)cc1. The molecule has 1 aromatic heterocycles. The monoisotopic (exact) mass is 395 g/mol. The predicted molar refractivity (Wildman–Crippen MR) is 105 cm³/mol. The maximum absolute atomic E-state index is 13.5. The van der Waals surface area contributed by atoms with Gasteiger partial charge in [-0.25, -0.2) is 4.39 Å². The number of amides is 1. The molecule has 6 nitrogen and oxygen atoms in total. The summed E-state index contributed by atoms with van der Waals surface area (Å²) >= 11 is 0. The van der Waals surface area contributed by atoms with Gasteiger partial charge in [-0.3, -0.25) is 4.79 Å². The van der Waals surface area contributed by atoms with Crippen molar-refractivity contribution in [1.29, 1.82) is 0 Å². The van der Waals surface area contributed by atoms with Gasteiger partial charge in [0.1, 0.15) is 11.6 Å². The van der Waals surface area contributed by atoms with Crippen LogP contribution in [0.2, 0.25) is 0 Å². The van der Waals surface area contributed by atoms with E-state index in [1.54, 1.807) is 13.2 Å². The summed E-state index contributed by atoms with van der Waals surface area (Å²) in [7, 11) is 1.61. The van der Waals surface area contributed by atoms with Crippen LogP contribution in [-0.2, 0) is 17.8 Å². The normalized spacial score (nSPS) is 13.3.